The van der Waals surface area contributed by atoms with Crippen molar-refractivity contribution in [2.24, 2.45) is 0 Å². The number of hydrogen-bond acceptors (Lipinski definition) is 3. The summed E-state index contributed by atoms with van der Waals surface area (Å²) in [7, 11) is 0. The van der Waals surface area contributed by atoms with Crippen LogP contribution in [-0.2, 0) is 5.41 Å². The Morgan fingerprint density at radius 2 is 1.00 bits per heavy atom. The molecule has 0 saturated heterocycles. The highest BCUT2D eigenvalue weighted by atomic mass is 16.3. The number of phenolic OH excluding ortho intramolecular Hbond substituents is 3. The van der Waals surface area contributed by atoms with Crippen molar-refractivity contribution in [2.45, 2.75) is 25.2 Å². The van der Waals surface area contributed by atoms with Gasteiger partial charge in [-0.25, -0.2) is 0 Å². The fourth-order valence-corrected chi connectivity index (χ4v) is 4.24. The summed E-state index contributed by atoms with van der Waals surface area (Å²) in [4.78, 5) is 0. The van der Waals surface area contributed by atoms with E-state index in [1.54, 1.807) is 30.3 Å². The minimum atomic E-state index is -0.386. The van der Waals surface area contributed by atoms with Gasteiger partial charge in [-0.15, -0.1) is 0 Å². The first-order valence-corrected chi connectivity index (χ1v) is 10.3. The first-order valence-electron chi connectivity index (χ1n) is 10.3. The van der Waals surface area contributed by atoms with Crippen LogP contribution in [0.2, 0.25) is 0 Å². The third-order valence-corrected chi connectivity index (χ3v) is 6.04. The van der Waals surface area contributed by atoms with E-state index in [1.165, 1.54) is 0 Å². The van der Waals surface area contributed by atoms with Gasteiger partial charge in [-0.2, -0.15) is 0 Å². The summed E-state index contributed by atoms with van der Waals surface area (Å²) < 4.78 is 0. The van der Waals surface area contributed by atoms with Gasteiger partial charge >= 0.3 is 0 Å². The van der Waals surface area contributed by atoms with Gasteiger partial charge in [0.1, 0.15) is 17.2 Å². The van der Waals surface area contributed by atoms with Crippen LogP contribution in [0.15, 0.2) is 97.1 Å². The molecule has 0 aromatic heterocycles. The molecule has 0 unspecified atom stereocenters. The lowest BCUT2D eigenvalue weighted by molar-refractivity contribution is 0.453. The van der Waals surface area contributed by atoms with E-state index in [-0.39, 0.29) is 28.6 Å². The number of rotatable bonds is 5. The molecule has 0 aliphatic heterocycles. The number of aromatic hydroxyl groups is 3. The lowest BCUT2D eigenvalue weighted by Crippen LogP contribution is -2.19. The maximum absolute atomic E-state index is 10.5. The number of benzene rings is 4. The van der Waals surface area contributed by atoms with Crippen LogP contribution in [0.5, 0.6) is 17.2 Å². The molecule has 0 atom stereocenters. The minimum Gasteiger partial charge on any atom is -0.508 e. The molecule has 4 aromatic carbocycles. The smallest absolute Gasteiger partial charge is 0.119 e. The van der Waals surface area contributed by atoms with Gasteiger partial charge in [-0.05, 0) is 29.3 Å². The van der Waals surface area contributed by atoms with Gasteiger partial charge in [-0.1, -0.05) is 92.7 Å². The fourth-order valence-electron chi connectivity index (χ4n) is 4.24. The molecule has 3 N–H and O–H groups in total. The number of phenols is 3. The first-order chi connectivity index (χ1) is 14.9. The Hall–Kier alpha value is -3.72. The predicted octanol–water partition coefficient (Wildman–Crippen LogP) is 6.31. The Balaban J connectivity index is 1.80. The van der Waals surface area contributed by atoms with Crippen LogP contribution in [0.1, 0.15) is 47.6 Å². The van der Waals surface area contributed by atoms with Gasteiger partial charge in [0.2, 0.25) is 0 Å². The van der Waals surface area contributed by atoms with Crippen LogP contribution in [0, 0.1) is 0 Å². The molecule has 4 aromatic rings. The summed E-state index contributed by atoms with van der Waals surface area (Å²) in [5.74, 6) is 0.339. The van der Waals surface area contributed by atoms with Crippen LogP contribution >= 0.6 is 0 Å². The second-order valence-corrected chi connectivity index (χ2v) is 8.31. The monoisotopic (exact) mass is 410 g/mol. The van der Waals surface area contributed by atoms with Gasteiger partial charge in [-0.3, -0.25) is 0 Å². The molecule has 3 nitrogen and oxygen atoms in total. The molecule has 0 radical (unpaired) electrons. The van der Waals surface area contributed by atoms with E-state index in [2.05, 4.69) is 26.0 Å². The Labute approximate surface area is 182 Å². The summed E-state index contributed by atoms with van der Waals surface area (Å²) in [5.41, 5.74) is 3.96. The Morgan fingerprint density at radius 3 is 1.48 bits per heavy atom. The maximum atomic E-state index is 10.5. The van der Waals surface area contributed by atoms with E-state index in [9.17, 15) is 15.3 Å². The second kappa shape index (κ2) is 8.19. The molecular formula is C28H26O3. The SMILES string of the molecule is CC(C)(c1ccc(C(c2ccccc2O)c2ccccc2O)cc1)c1ccccc1O. The van der Waals surface area contributed by atoms with Crippen LogP contribution < -0.4 is 0 Å². The van der Waals surface area contributed by atoms with Crippen molar-refractivity contribution in [1.82, 2.24) is 0 Å². The summed E-state index contributed by atoms with van der Waals surface area (Å²) >= 11 is 0. The molecule has 0 saturated carbocycles. The van der Waals surface area contributed by atoms with Crippen molar-refractivity contribution in [3.8, 4) is 17.2 Å². The topological polar surface area (TPSA) is 60.7 Å². The average molecular weight is 411 g/mol. The van der Waals surface area contributed by atoms with E-state index in [0.29, 0.717) is 0 Å². The summed E-state index contributed by atoms with van der Waals surface area (Å²) in [6.45, 7) is 4.17. The first kappa shape index (κ1) is 20.5. The van der Waals surface area contributed by atoms with Crippen molar-refractivity contribution >= 4 is 0 Å². The van der Waals surface area contributed by atoms with Gasteiger partial charge in [0, 0.05) is 28.0 Å². The molecular weight excluding hydrogens is 384 g/mol. The molecule has 0 amide bonds. The van der Waals surface area contributed by atoms with Crippen molar-refractivity contribution in [2.75, 3.05) is 0 Å². The zero-order chi connectivity index (χ0) is 22.0. The van der Waals surface area contributed by atoms with E-state index in [1.807, 2.05) is 54.6 Å². The third kappa shape index (κ3) is 3.87. The quantitative estimate of drug-likeness (QED) is 0.338. The zero-order valence-corrected chi connectivity index (χ0v) is 17.7. The van der Waals surface area contributed by atoms with Crippen LogP contribution in [-0.4, -0.2) is 15.3 Å². The second-order valence-electron chi connectivity index (χ2n) is 8.31. The van der Waals surface area contributed by atoms with E-state index in [0.717, 1.165) is 27.8 Å². The number of hydrogen-bond donors (Lipinski definition) is 3. The van der Waals surface area contributed by atoms with Crippen LogP contribution in [0.3, 0.4) is 0 Å². The minimum absolute atomic E-state index is 0.189. The van der Waals surface area contributed by atoms with E-state index < -0.39 is 0 Å². The van der Waals surface area contributed by atoms with Gasteiger partial charge in [0.25, 0.3) is 0 Å². The van der Waals surface area contributed by atoms with Crippen LogP contribution in [0.4, 0.5) is 0 Å². The normalized spacial score (nSPS) is 11.6. The molecule has 0 aliphatic rings. The lowest BCUT2D eigenvalue weighted by Gasteiger charge is -2.28. The Kier molecular flexibility index (Phi) is 5.43. The van der Waals surface area contributed by atoms with Gasteiger partial charge in [0.15, 0.2) is 0 Å². The number of para-hydroxylation sites is 3. The van der Waals surface area contributed by atoms with Crippen LogP contribution in [0.25, 0.3) is 0 Å². The van der Waals surface area contributed by atoms with E-state index in [4.69, 9.17) is 0 Å². The molecule has 0 bridgehead atoms. The summed E-state index contributed by atoms with van der Waals surface area (Å²) in [5, 5.41) is 31.4. The molecule has 0 heterocycles. The standard InChI is InChI=1S/C28H26O3/c1-28(2,23-11-5-8-14-26(23)31)20-17-15-19(16-18-20)27(21-9-3-6-12-24(21)29)22-10-4-7-13-25(22)30/h3-18,27,29-31H,1-2H3. The predicted molar refractivity (Wildman–Crippen MR) is 124 cm³/mol. The third-order valence-electron chi connectivity index (χ3n) is 6.04. The average Bonchev–Trinajstić information content (AvgIpc) is 2.77. The summed E-state index contributed by atoms with van der Waals surface area (Å²) in [6.07, 6.45) is 0. The van der Waals surface area contributed by atoms with Crippen molar-refractivity contribution < 1.29 is 15.3 Å². The molecule has 31 heavy (non-hydrogen) atoms. The van der Waals surface area contributed by atoms with E-state index >= 15 is 0 Å². The van der Waals surface area contributed by atoms with Crippen molar-refractivity contribution in [1.29, 1.82) is 0 Å². The highest BCUT2D eigenvalue weighted by Crippen LogP contribution is 2.42. The lowest BCUT2D eigenvalue weighted by atomic mass is 9.76. The highest BCUT2D eigenvalue weighted by molar-refractivity contribution is 5.53. The molecule has 4 rings (SSSR count). The maximum Gasteiger partial charge on any atom is 0.119 e. The fraction of sp³-hybridized carbons (Fsp3) is 0.143. The van der Waals surface area contributed by atoms with Crippen molar-refractivity contribution in [3.05, 3.63) is 125 Å². The molecule has 3 heteroatoms. The Bertz CT molecular complexity index is 1150. The van der Waals surface area contributed by atoms with Gasteiger partial charge in [0.05, 0.1) is 0 Å². The summed E-state index contributed by atoms with van der Waals surface area (Å²) in [6, 6.07) is 30.0. The largest absolute Gasteiger partial charge is 0.508 e. The van der Waals surface area contributed by atoms with Gasteiger partial charge < -0.3 is 15.3 Å². The molecule has 156 valence electrons. The van der Waals surface area contributed by atoms with Crippen molar-refractivity contribution in [3.63, 3.8) is 0 Å². The zero-order valence-electron chi connectivity index (χ0n) is 17.7. The Morgan fingerprint density at radius 1 is 0.548 bits per heavy atom. The molecule has 0 aliphatic carbocycles. The molecule has 0 spiro atoms. The molecule has 0 fully saturated rings. The highest BCUT2D eigenvalue weighted by Gasteiger charge is 2.27.